The van der Waals surface area contributed by atoms with Gasteiger partial charge in [-0.1, -0.05) is 19.3 Å². The van der Waals surface area contributed by atoms with E-state index in [4.69, 9.17) is 12.3 Å². The molecule has 0 aromatic rings. The lowest BCUT2D eigenvalue weighted by molar-refractivity contribution is 0.308. The van der Waals surface area contributed by atoms with Gasteiger partial charge in [0.2, 0.25) is 0 Å². The van der Waals surface area contributed by atoms with E-state index in [1.54, 1.807) is 0 Å². The van der Waals surface area contributed by atoms with Crippen LogP contribution in [0.25, 0.3) is 0 Å². The maximum Gasteiger partial charge on any atom is 0.318 e. The molecule has 7 heteroatoms. The minimum Gasteiger partial charge on any atom is -0.439 e. The average Bonchev–Trinajstić information content (AvgIpc) is 2.24. The summed E-state index contributed by atoms with van der Waals surface area (Å²) in [7, 11) is -6.82. The van der Waals surface area contributed by atoms with Gasteiger partial charge in [-0.05, 0) is 65.2 Å². The summed E-state index contributed by atoms with van der Waals surface area (Å²) in [5.41, 5.74) is 0.665. The molecule has 126 valence electrons. The summed E-state index contributed by atoms with van der Waals surface area (Å²) in [4.78, 5) is 0. The Labute approximate surface area is 137 Å². The maximum absolute atomic E-state index is 6.68. The minimum atomic E-state index is -2.13. The van der Waals surface area contributed by atoms with Gasteiger partial charge >= 0.3 is 8.56 Å². The largest absolute Gasteiger partial charge is 0.439 e. The molecule has 0 amide bonds. The monoisotopic (exact) mass is 364 g/mol. The van der Waals surface area contributed by atoms with Crippen molar-refractivity contribution in [3.8, 4) is 0 Å². The van der Waals surface area contributed by atoms with Gasteiger partial charge in [-0.15, -0.1) is 0 Å². The van der Waals surface area contributed by atoms with Crippen LogP contribution in [0.2, 0.25) is 57.9 Å². The van der Waals surface area contributed by atoms with Crippen LogP contribution in [0.15, 0.2) is 0 Å². The van der Waals surface area contributed by atoms with Crippen LogP contribution in [0.1, 0.15) is 32.1 Å². The van der Waals surface area contributed by atoms with Crippen LogP contribution in [0.5, 0.6) is 0 Å². The third-order valence-electron chi connectivity index (χ3n) is 3.78. The van der Waals surface area contributed by atoms with Gasteiger partial charge in [0, 0.05) is 5.54 Å². The molecule has 0 heterocycles. The van der Waals surface area contributed by atoms with E-state index in [9.17, 15) is 0 Å². The van der Waals surface area contributed by atoms with Crippen molar-refractivity contribution in [3.05, 3.63) is 0 Å². The summed E-state index contributed by atoms with van der Waals surface area (Å²) in [6.45, 7) is 18.1. The van der Waals surface area contributed by atoms with E-state index < -0.39 is 34.5 Å². The predicted molar refractivity (Wildman–Crippen MR) is 101 cm³/mol. The molecular weight excluding hydrogens is 328 g/mol. The molecular formula is C14H36O3Si4. The molecule has 1 saturated carbocycles. The lowest BCUT2D eigenvalue weighted by atomic mass is 10.0. The standard InChI is InChI=1S/C14H36O3Si4/c1-18(15-19(2,3)4)16-21(8,17-20(5,6)7)14-12-10-9-11-13-14/h14,18H,9-13H2,1-8H3. The summed E-state index contributed by atoms with van der Waals surface area (Å²) in [6, 6.07) is 0. The molecule has 0 spiro atoms. The first kappa shape index (κ1) is 19.8. The van der Waals surface area contributed by atoms with Crippen molar-refractivity contribution < 1.29 is 12.3 Å². The van der Waals surface area contributed by atoms with E-state index in [2.05, 4.69) is 52.4 Å². The lowest BCUT2D eigenvalue weighted by Crippen LogP contribution is -2.55. The SMILES string of the molecule is C[SiH](O[Si](C)(C)C)O[Si](C)(O[Si](C)(C)C)C1CCCCC1. The summed E-state index contributed by atoms with van der Waals surface area (Å²) >= 11 is 0. The first-order valence-corrected chi connectivity index (χ1v) is 19.8. The Hall–Kier alpha value is 0.748. The highest BCUT2D eigenvalue weighted by Crippen LogP contribution is 2.40. The van der Waals surface area contributed by atoms with E-state index >= 15 is 0 Å². The fourth-order valence-electron chi connectivity index (χ4n) is 3.29. The predicted octanol–water partition coefficient (Wildman–Crippen LogP) is 4.96. The molecule has 2 atom stereocenters. The molecule has 0 aliphatic heterocycles. The highest BCUT2D eigenvalue weighted by Gasteiger charge is 2.46. The van der Waals surface area contributed by atoms with Crippen LogP contribution in [-0.4, -0.2) is 34.5 Å². The van der Waals surface area contributed by atoms with Crippen molar-refractivity contribution in [3.63, 3.8) is 0 Å². The number of rotatable bonds is 7. The van der Waals surface area contributed by atoms with Crippen molar-refractivity contribution in [2.24, 2.45) is 0 Å². The Morgan fingerprint density at radius 2 is 1.29 bits per heavy atom. The topological polar surface area (TPSA) is 27.7 Å². The zero-order valence-corrected chi connectivity index (χ0v) is 19.6. The molecule has 1 aliphatic carbocycles. The molecule has 21 heavy (non-hydrogen) atoms. The molecule has 0 aromatic heterocycles. The molecule has 1 fully saturated rings. The summed E-state index contributed by atoms with van der Waals surface area (Å²) < 4.78 is 19.6. The quantitative estimate of drug-likeness (QED) is 0.597. The van der Waals surface area contributed by atoms with E-state index in [1.807, 2.05) is 0 Å². The van der Waals surface area contributed by atoms with Gasteiger partial charge in [0.15, 0.2) is 16.6 Å². The van der Waals surface area contributed by atoms with Gasteiger partial charge < -0.3 is 12.3 Å². The van der Waals surface area contributed by atoms with Gasteiger partial charge in [-0.3, -0.25) is 0 Å². The van der Waals surface area contributed by atoms with Gasteiger partial charge in [0.25, 0.3) is 9.28 Å². The molecule has 1 aliphatic rings. The second-order valence-corrected chi connectivity index (χ2v) is 23.6. The minimum absolute atomic E-state index is 0.665. The Morgan fingerprint density at radius 3 is 1.71 bits per heavy atom. The Kier molecular flexibility index (Phi) is 7.11. The van der Waals surface area contributed by atoms with Crippen molar-refractivity contribution in [1.82, 2.24) is 0 Å². The molecule has 0 bridgehead atoms. The first-order chi connectivity index (χ1) is 9.41. The Morgan fingerprint density at radius 1 is 0.762 bits per heavy atom. The van der Waals surface area contributed by atoms with Gasteiger partial charge in [0.1, 0.15) is 0 Å². The van der Waals surface area contributed by atoms with Crippen molar-refractivity contribution in [2.45, 2.75) is 90.0 Å². The highest BCUT2D eigenvalue weighted by molar-refractivity contribution is 6.86. The molecule has 1 rings (SSSR count). The van der Waals surface area contributed by atoms with Crippen LogP contribution < -0.4 is 0 Å². The summed E-state index contributed by atoms with van der Waals surface area (Å²) in [5.74, 6) is 0. The zero-order valence-electron chi connectivity index (χ0n) is 15.4. The van der Waals surface area contributed by atoms with E-state index in [1.165, 1.54) is 32.1 Å². The van der Waals surface area contributed by atoms with E-state index in [-0.39, 0.29) is 0 Å². The molecule has 2 unspecified atom stereocenters. The normalized spacial score (nSPS) is 22.9. The Balaban J connectivity index is 2.80. The van der Waals surface area contributed by atoms with Crippen molar-refractivity contribution in [2.75, 3.05) is 0 Å². The summed E-state index contributed by atoms with van der Waals surface area (Å²) in [5, 5.41) is 0. The fraction of sp³-hybridized carbons (Fsp3) is 1.00. The number of hydrogen-bond donors (Lipinski definition) is 0. The second kappa shape index (κ2) is 7.54. The van der Waals surface area contributed by atoms with Crippen LogP contribution in [0.4, 0.5) is 0 Å². The maximum atomic E-state index is 6.68. The molecule has 3 nitrogen and oxygen atoms in total. The van der Waals surface area contributed by atoms with E-state index in [0.717, 1.165) is 0 Å². The molecule has 0 N–H and O–H groups in total. The van der Waals surface area contributed by atoms with Crippen LogP contribution in [0.3, 0.4) is 0 Å². The summed E-state index contributed by atoms with van der Waals surface area (Å²) in [6.07, 6.45) is 6.65. The first-order valence-electron chi connectivity index (χ1n) is 8.47. The molecule has 0 aromatic carbocycles. The van der Waals surface area contributed by atoms with Gasteiger partial charge in [-0.25, -0.2) is 0 Å². The second-order valence-electron chi connectivity index (χ2n) is 8.48. The van der Waals surface area contributed by atoms with Crippen molar-refractivity contribution >= 4 is 34.5 Å². The third kappa shape index (κ3) is 7.71. The van der Waals surface area contributed by atoms with Gasteiger partial charge in [-0.2, -0.15) is 0 Å². The van der Waals surface area contributed by atoms with Crippen LogP contribution in [-0.2, 0) is 12.3 Å². The zero-order chi connectivity index (χ0) is 16.3. The van der Waals surface area contributed by atoms with Crippen molar-refractivity contribution in [1.29, 1.82) is 0 Å². The smallest absolute Gasteiger partial charge is 0.318 e. The van der Waals surface area contributed by atoms with Crippen LogP contribution >= 0.6 is 0 Å². The third-order valence-corrected chi connectivity index (χ3v) is 17.3. The van der Waals surface area contributed by atoms with E-state index in [0.29, 0.717) is 5.54 Å². The molecule has 0 radical (unpaired) electrons. The lowest BCUT2D eigenvalue weighted by Gasteiger charge is -2.43. The highest BCUT2D eigenvalue weighted by atomic mass is 28.5. The number of hydrogen-bond acceptors (Lipinski definition) is 3. The fourth-order valence-corrected chi connectivity index (χ4v) is 18.9. The molecule has 0 saturated heterocycles. The van der Waals surface area contributed by atoms with Crippen LogP contribution in [0, 0.1) is 0 Å². The van der Waals surface area contributed by atoms with Gasteiger partial charge in [0.05, 0.1) is 0 Å². The Bertz CT molecular complexity index is 321. The average molecular weight is 365 g/mol.